The number of rotatable bonds is 6. The van der Waals surface area contributed by atoms with Gasteiger partial charge >= 0.3 is 0 Å². The van der Waals surface area contributed by atoms with E-state index in [0.717, 1.165) is 22.5 Å². The first kappa shape index (κ1) is 23.9. The van der Waals surface area contributed by atoms with E-state index in [0.29, 0.717) is 0 Å². The molecule has 0 aliphatic carbocycles. The molecule has 0 spiro atoms. The van der Waals surface area contributed by atoms with Gasteiger partial charge in [-0.15, -0.1) is 0 Å². The summed E-state index contributed by atoms with van der Waals surface area (Å²) in [5.74, 6) is 0. The second-order valence-electron chi connectivity index (χ2n) is 7.27. The lowest BCUT2D eigenvalue weighted by Crippen LogP contribution is -2.23. The highest BCUT2D eigenvalue weighted by atomic mass is 32.2. The second kappa shape index (κ2) is 11.2. The van der Waals surface area contributed by atoms with E-state index in [1.54, 1.807) is 6.07 Å². The van der Waals surface area contributed by atoms with Crippen molar-refractivity contribution < 1.29 is 17.5 Å². The highest BCUT2D eigenvalue weighted by molar-refractivity contribution is 7.86. The summed E-state index contributed by atoms with van der Waals surface area (Å²) in [5.41, 5.74) is 0. The minimum atomic E-state index is -4.46. The largest absolute Gasteiger partial charge is 0.744 e. The average Bonchev–Trinajstić information content (AvgIpc) is 3.21. The molecule has 0 N–H and O–H groups in total. The topological polar surface area (TPSA) is 66.0 Å². The first-order chi connectivity index (χ1) is 15.4. The van der Waals surface area contributed by atoms with E-state index < -0.39 is 18.0 Å². The Labute approximate surface area is 191 Å². The SMILES string of the molecule is CCCn1cc[n+](C)c1.O=S(=O)([O-])c1cccc(P(c2ccccc2)c2ccccc2)c1. The van der Waals surface area contributed by atoms with Crippen molar-refractivity contribution in [1.82, 2.24) is 4.57 Å². The number of aryl methyl sites for hydroxylation is 2. The summed E-state index contributed by atoms with van der Waals surface area (Å²) >= 11 is 0. The van der Waals surface area contributed by atoms with Crippen LogP contribution in [0.25, 0.3) is 0 Å². The van der Waals surface area contributed by atoms with Gasteiger partial charge < -0.3 is 4.55 Å². The zero-order valence-corrected chi connectivity index (χ0v) is 19.9. The summed E-state index contributed by atoms with van der Waals surface area (Å²) in [7, 11) is -3.34. The molecular formula is C25H27N2O3PS. The second-order valence-corrected chi connectivity index (χ2v) is 10.9. The van der Waals surface area contributed by atoms with Crippen molar-refractivity contribution in [2.45, 2.75) is 24.8 Å². The number of nitrogens with zero attached hydrogens (tertiary/aromatic N) is 2. The Hall–Kier alpha value is -2.79. The first-order valence-electron chi connectivity index (χ1n) is 10.4. The van der Waals surface area contributed by atoms with Gasteiger partial charge in [0, 0.05) is 0 Å². The van der Waals surface area contributed by atoms with Crippen LogP contribution in [0, 0.1) is 0 Å². The average molecular weight is 467 g/mol. The molecule has 166 valence electrons. The van der Waals surface area contributed by atoms with Crippen LogP contribution in [0.3, 0.4) is 0 Å². The van der Waals surface area contributed by atoms with Crippen LogP contribution >= 0.6 is 7.92 Å². The van der Waals surface area contributed by atoms with Gasteiger partial charge in [-0.05, 0) is 42.4 Å². The van der Waals surface area contributed by atoms with Crippen LogP contribution < -0.4 is 20.5 Å². The van der Waals surface area contributed by atoms with Gasteiger partial charge in [0.25, 0.3) is 0 Å². The van der Waals surface area contributed by atoms with E-state index in [1.165, 1.54) is 18.6 Å². The van der Waals surface area contributed by atoms with Crippen molar-refractivity contribution in [2.75, 3.05) is 0 Å². The summed E-state index contributed by atoms with van der Waals surface area (Å²) in [6, 6.07) is 26.2. The Morgan fingerprint density at radius 3 is 1.91 bits per heavy atom. The molecule has 0 radical (unpaired) electrons. The van der Waals surface area contributed by atoms with Crippen molar-refractivity contribution in [3.8, 4) is 0 Å². The van der Waals surface area contributed by atoms with Crippen molar-refractivity contribution in [3.05, 3.63) is 104 Å². The molecule has 1 aromatic heterocycles. The molecular weight excluding hydrogens is 439 g/mol. The van der Waals surface area contributed by atoms with Gasteiger partial charge in [-0.3, -0.25) is 0 Å². The van der Waals surface area contributed by atoms with E-state index in [4.69, 9.17) is 0 Å². The molecule has 5 nitrogen and oxygen atoms in total. The van der Waals surface area contributed by atoms with Gasteiger partial charge in [-0.2, -0.15) is 0 Å². The lowest BCUT2D eigenvalue weighted by atomic mass is 10.3. The number of benzene rings is 3. The molecule has 4 aromatic rings. The number of aromatic nitrogens is 2. The zero-order chi connectivity index (χ0) is 23.0. The monoisotopic (exact) mass is 466 g/mol. The maximum Gasteiger partial charge on any atom is 0.243 e. The summed E-state index contributed by atoms with van der Waals surface area (Å²) in [6.45, 7) is 3.31. The number of imidazole rings is 1. The summed E-state index contributed by atoms with van der Waals surface area (Å²) < 4.78 is 38.2. The molecule has 7 heteroatoms. The molecule has 0 saturated heterocycles. The van der Waals surface area contributed by atoms with Crippen molar-refractivity contribution in [2.24, 2.45) is 7.05 Å². The fourth-order valence-electron chi connectivity index (χ4n) is 3.27. The Morgan fingerprint density at radius 1 is 0.875 bits per heavy atom. The third kappa shape index (κ3) is 6.60. The molecule has 0 saturated carbocycles. The maximum absolute atomic E-state index is 11.3. The van der Waals surface area contributed by atoms with Gasteiger partial charge in [0.2, 0.25) is 6.33 Å². The van der Waals surface area contributed by atoms with E-state index in [9.17, 15) is 13.0 Å². The molecule has 1 heterocycles. The highest BCUT2D eigenvalue weighted by Gasteiger charge is 2.17. The summed E-state index contributed by atoms with van der Waals surface area (Å²) in [5, 5.41) is 3.05. The van der Waals surface area contributed by atoms with Crippen LogP contribution in [-0.4, -0.2) is 17.5 Å². The Bertz CT molecular complexity index is 1190. The highest BCUT2D eigenvalue weighted by Crippen LogP contribution is 2.33. The predicted molar refractivity (Wildman–Crippen MR) is 129 cm³/mol. The number of hydrogen-bond acceptors (Lipinski definition) is 3. The van der Waals surface area contributed by atoms with Crippen LogP contribution in [-0.2, 0) is 23.7 Å². The molecule has 0 bridgehead atoms. The smallest absolute Gasteiger partial charge is 0.243 e. The fourth-order valence-corrected chi connectivity index (χ4v) is 6.21. The van der Waals surface area contributed by atoms with E-state index in [1.807, 2.05) is 73.8 Å². The van der Waals surface area contributed by atoms with E-state index >= 15 is 0 Å². The third-order valence-corrected chi connectivity index (χ3v) is 7.95. The van der Waals surface area contributed by atoms with Gasteiger partial charge in [-0.25, -0.2) is 17.6 Å². The van der Waals surface area contributed by atoms with Gasteiger partial charge in [0.1, 0.15) is 22.5 Å². The molecule has 4 rings (SSSR count). The van der Waals surface area contributed by atoms with Crippen LogP contribution in [0.2, 0.25) is 0 Å². The molecule has 3 aromatic carbocycles. The minimum Gasteiger partial charge on any atom is -0.744 e. The Kier molecular flexibility index (Phi) is 8.34. The molecule has 0 atom stereocenters. The van der Waals surface area contributed by atoms with Crippen molar-refractivity contribution >= 4 is 34.0 Å². The quantitative estimate of drug-likeness (QED) is 0.249. The maximum atomic E-state index is 11.3. The number of hydrogen-bond donors (Lipinski definition) is 0. The fraction of sp³-hybridized carbons (Fsp3) is 0.160. The molecule has 0 aliphatic rings. The molecule has 0 fully saturated rings. The van der Waals surface area contributed by atoms with Gasteiger partial charge in [-0.1, -0.05) is 79.7 Å². The molecule has 0 unspecified atom stereocenters. The van der Waals surface area contributed by atoms with Gasteiger partial charge in [0.05, 0.1) is 18.5 Å². The molecule has 0 amide bonds. The lowest BCUT2D eigenvalue weighted by Gasteiger charge is -2.20. The molecule has 32 heavy (non-hydrogen) atoms. The van der Waals surface area contributed by atoms with Crippen molar-refractivity contribution in [1.29, 1.82) is 0 Å². The van der Waals surface area contributed by atoms with Crippen LogP contribution in [0.1, 0.15) is 13.3 Å². The van der Waals surface area contributed by atoms with E-state index in [2.05, 4.69) is 34.8 Å². The minimum absolute atomic E-state index is 0.186. The predicted octanol–water partition coefficient (Wildman–Crippen LogP) is 3.07. The van der Waals surface area contributed by atoms with Crippen LogP contribution in [0.15, 0.2) is 109 Å². The molecule has 0 aliphatic heterocycles. The van der Waals surface area contributed by atoms with E-state index in [-0.39, 0.29) is 4.90 Å². The Balaban J connectivity index is 0.000000269. The summed E-state index contributed by atoms with van der Waals surface area (Å²) in [6.07, 6.45) is 7.43. The zero-order valence-electron chi connectivity index (χ0n) is 18.2. The van der Waals surface area contributed by atoms with Crippen LogP contribution in [0.4, 0.5) is 0 Å². The Morgan fingerprint density at radius 2 is 1.44 bits per heavy atom. The van der Waals surface area contributed by atoms with Crippen LogP contribution in [0.5, 0.6) is 0 Å². The first-order valence-corrected chi connectivity index (χ1v) is 13.1. The van der Waals surface area contributed by atoms with Gasteiger partial charge in [0.15, 0.2) is 0 Å². The van der Waals surface area contributed by atoms with Crippen molar-refractivity contribution in [3.63, 3.8) is 0 Å². The standard InChI is InChI=1S/C18H15O3PS.C7H13N2/c19-23(20,21)18-13-7-12-17(14-18)22(15-8-3-1-4-9-15)16-10-5-2-6-11-16;1-3-4-9-6-5-8(2)7-9/h1-14H,(H,19,20,21);5-7H,3-4H2,1-2H3/q;+1/p-1. The normalized spacial score (nSPS) is 11.1. The third-order valence-electron chi connectivity index (χ3n) is 4.70. The summed E-state index contributed by atoms with van der Waals surface area (Å²) in [4.78, 5) is -0.186. The lowest BCUT2D eigenvalue weighted by molar-refractivity contribution is -0.671.